The van der Waals surface area contributed by atoms with Gasteiger partial charge in [0.1, 0.15) is 6.33 Å². The molecule has 0 spiro atoms. The van der Waals surface area contributed by atoms with Gasteiger partial charge in [-0.1, -0.05) is 24.3 Å². The third-order valence-corrected chi connectivity index (χ3v) is 3.51. The lowest BCUT2D eigenvalue weighted by molar-refractivity contribution is 0.0697. The smallest absolute Gasteiger partial charge is 0.335 e. The topological polar surface area (TPSA) is 72.4 Å². The molecule has 0 unspecified atom stereocenters. The molecule has 23 heavy (non-hydrogen) atoms. The normalized spacial score (nSPS) is 10.3. The zero-order valence-electron chi connectivity index (χ0n) is 12.3. The Morgan fingerprint density at radius 3 is 2.70 bits per heavy atom. The number of aromatic carboxylic acids is 1. The van der Waals surface area contributed by atoms with E-state index in [1.807, 2.05) is 13.1 Å². The molecule has 3 aromatic rings. The van der Waals surface area contributed by atoms with Crippen molar-refractivity contribution in [2.24, 2.45) is 7.05 Å². The van der Waals surface area contributed by atoms with E-state index < -0.39 is 5.97 Å². The van der Waals surface area contributed by atoms with E-state index in [-0.39, 0.29) is 5.56 Å². The van der Waals surface area contributed by atoms with E-state index in [1.54, 1.807) is 47.3 Å². The molecule has 0 saturated heterocycles. The Morgan fingerprint density at radius 1 is 1.22 bits per heavy atom. The van der Waals surface area contributed by atoms with E-state index in [2.05, 4.69) is 15.0 Å². The molecule has 0 aliphatic carbocycles. The van der Waals surface area contributed by atoms with Crippen LogP contribution in [0.1, 0.15) is 10.4 Å². The van der Waals surface area contributed by atoms with Crippen molar-refractivity contribution >= 4 is 11.7 Å². The summed E-state index contributed by atoms with van der Waals surface area (Å²) < 4.78 is 1.76. The molecule has 1 aromatic heterocycles. The van der Waals surface area contributed by atoms with Gasteiger partial charge in [-0.25, -0.2) is 9.64 Å². The molecular weight excluding hydrogens is 292 g/mol. The van der Waals surface area contributed by atoms with Gasteiger partial charge in [-0.15, -0.1) is 10.2 Å². The van der Waals surface area contributed by atoms with Gasteiger partial charge in [0.25, 0.3) is 0 Å². The number of benzene rings is 2. The summed E-state index contributed by atoms with van der Waals surface area (Å²) in [5.74, 6) is -0.365. The van der Waals surface area contributed by atoms with E-state index in [1.165, 1.54) is 0 Å². The van der Waals surface area contributed by atoms with Crippen LogP contribution >= 0.6 is 0 Å². The third kappa shape index (κ3) is 2.68. The van der Waals surface area contributed by atoms with Crippen molar-refractivity contribution in [3.05, 3.63) is 65.8 Å². The van der Waals surface area contributed by atoms with Crippen molar-refractivity contribution < 1.29 is 9.90 Å². The Kier molecular flexibility index (Phi) is 3.61. The molecule has 0 aliphatic rings. The van der Waals surface area contributed by atoms with E-state index >= 15 is 0 Å². The van der Waals surface area contributed by atoms with Crippen LogP contribution in [0.3, 0.4) is 0 Å². The van der Waals surface area contributed by atoms with E-state index in [0.717, 1.165) is 16.7 Å². The average molecular weight is 304 g/mol. The van der Waals surface area contributed by atoms with Crippen molar-refractivity contribution in [1.82, 2.24) is 14.8 Å². The van der Waals surface area contributed by atoms with Gasteiger partial charge in [0.05, 0.1) is 12.1 Å². The standard InChI is InChI=1S/C17H12N4O2/c1-18-13-6-7-14(11-4-3-5-12(8-11)17(22)23)15(9-13)16-20-19-10-21(16)2/h3-10H,2H3,(H,22,23). The molecule has 0 saturated carbocycles. The lowest BCUT2D eigenvalue weighted by Gasteiger charge is -2.10. The highest BCUT2D eigenvalue weighted by atomic mass is 16.4. The highest BCUT2D eigenvalue weighted by Gasteiger charge is 2.14. The monoisotopic (exact) mass is 304 g/mol. The lowest BCUT2D eigenvalue weighted by atomic mass is 9.97. The SMILES string of the molecule is [C-]#[N+]c1ccc(-c2cccc(C(=O)O)c2)c(-c2nncn2C)c1. The first-order valence-corrected chi connectivity index (χ1v) is 6.80. The number of carboxylic acids is 1. The Bertz CT molecular complexity index is 938. The second-order valence-corrected chi connectivity index (χ2v) is 4.99. The van der Waals surface area contributed by atoms with Gasteiger partial charge in [0.2, 0.25) is 0 Å². The zero-order chi connectivity index (χ0) is 16.4. The highest BCUT2D eigenvalue weighted by molar-refractivity contribution is 5.91. The molecule has 6 heteroatoms. The van der Waals surface area contributed by atoms with Gasteiger partial charge in [-0.2, -0.15) is 0 Å². The van der Waals surface area contributed by atoms with Crippen molar-refractivity contribution in [3.8, 4) is 22.5 Å². The number of nitrogens with zero attached hydrogens (tertiary/aromatic N) is 4. The summed E-state index contributed by atoms with van der Waals surface area (Å²) in [5.41, 5.74) is 2.99. The van der Waals surface area contributed by atoms with Crippen molar-refractivity contribution in [3.63, 3.8) is 0 Å². The summed E-state index contributed by atoms with van der Waals surface area (Å²) in [6.07, 6.45) is 1.58. The molecule has 3 rings (SSSR count). The number of carbonyl (C=O) groups is 1. The molecule has 0 radical (unpaired) electrons. The van der Waals surface area contributed by atoms with Crippen LogP contribution in [0.2, 0.25) is 0 Å². The van der Waals surface area contributed by atoms with Crippen LogP contribution in [0.5, 0.6) is 0 Å². The van der Waals surface area contributed by atoms with Gasteiger partial charge in [0, 0.05) is 12.6 Å². The van der Waals surface area contributed by atoms with E-state index in [0.29, 0.717) is 11.5 Å². The van der Waals surface area contributed by atoms with Crippen LogP contribution in [0, 0.1) is 6.57 Å². The summed E-state index contributed by atoms with van der Waals surface area (Å²) in [7, 11) is 1.82. The van der Waals surface area contributed by atoms with E-state index in [4.69, 9.17) is 11.7 Å². The van der Waals surface area contributed by atoms with Gasteiger partial charge < -0.3 is 9.67 Å². The number of rotatable bonds is 3. The molecule has 0 atom stereocenters. The highest BCUT2D eigenvalue weighted by Crippen LogP contribution is 2.34. The number of hydrogen-bond acceptors (Lipinski definition) is 3. The van der Waals surface area contributed by atoms with Gasteiger partial charge in [0.15, 0.2) is 11.5 Å². The Hall–Kier alpha value is -3.46. The molecular formula is C17H12N4O2. The largest absolute Gasteiger partial charge is 0.478 e. The molecule has 6 nitrogen and oxygen atoms in total. The van der Waals surface area contributed by atoms with Gasteiger partial charge in [-0.3, -0.25) is 0 Å². The van der Waals surface area contributed by atoms with Crippen LogP contribution in [0.15, 0.2) is 48.8 Å². The summed E-state index contributed by atoms with van der Waals surface area (Å²) >= 11 is 0. The van der Waals surface area contributed by atoms with Crippen molar-refractivity contribution in [1.29, 1.82) is 0 Å². The molecule has 0 fully saturated rings. The van der Waals surface area contributed by atoms with Gasteiger partial charge >= 0.3 is 5.97 Å². The zero-order valence-corrected chi connectivity index (χ0v) is 12.3. The number of aryl methyl sites for hydroxylation is 1. The summed E-state index contributed by atoms with van der Waals surface area (Å²) in [5, 5.41) is 17.1. The van der Waals surface area contributed by atoms with Crippen LogP contribution < -0.4 is 0 Å². The quantitative estimate of drug-likeness (QED) is 0.753. The van der Waals surface area contributed by atoms with Crippen LogP contribution in [-0.4, -0.2) is 25.8 Å². The summed E-state index contributed by atoms with van der Waals surface area (Å²) in [4.78, 5) is 14.6. The Morgan fingerprint density at radius 2 is 2.04 bits per heavy atom. The van der Waals surface area contributed by atoms with Crippen molar-refractivity contribution in [2.75, 3.05) is 0 Å². The molecule has 112 valence electrons. The van der Waals surface area contributed by atoms with E-state index in [9.17, 15) is 4.79 Å². The summed E-state index contributed by atoms with van der Waals surface area (Å²) in [6, 6.07) is 11.9. The minimum atomic E-state index is -0.982. The summed E-state index contributed by atoms with van der Waals surface area (Å²) in [6.45, 7) is 7.19. The van der Waals surface area contributed by atoms with Crippen molar-refractivity contribution in [2.45, 2.75) is 0 Å². The first-order chi connectivity index (χ1) is 11.1. The predicted molar refractivity (Wildman–Crippen MR) is 85.1 cm³/mol. The average Bonchev–Trinajstić information content (AvgIpc) is 3.00. The van der Waals surface area contributed by atoms with Gasteiger partial charge in [-0.05, 0) is 29.3 Å². The maximum absolute atomic E-state index is 11.2. The third-order valence-electron chi connectivity index (χ3n) is 3.51. The first kappa shape index (κ1) is 14.5. The van der Waals surface area contributed by atoms with Crippen LogP contribution in [0.25, 0.3) is 27.4 Å². The fourth-order valence-corrected chi connectivity index (χ4v) is 2.39. The maximum atomic E-state index is 11.2. The molecule has 0 bridgehead atoms. The van der Waals surface area contributed by atoms with Crippen LogP contribution in [0.4, 0.5) is 5.69 Å². The number of aromatic nitrogens is 3. The molecule has 1 N–H and O–H groups in total. The number of carboxylic acid groups (broad SMARTS) is 1. The minimum absolute atomic E-state index is 0.209. The minimum Gasteiger partial charge on any atom is -0.478 e. The molecule has 0 aliphatic heterocycles. The first-order valence-electron chi connectivity index (χ1n) is 6.80. The fraction of sp³-hybridized carbons (Fsp3) is 0.0588. The predicted octanol–water partition coefficient (Wildman–Crippen LogP) is 3.40. The Balaban J connectivity index is 2.24. The maximum Gasteiger partial charge on any atom is 0.335 e. The Labute approximate surface area is 132 Å². The molecule has 2 aromatic carbocycles. The molecule has 0 amide bonds. The lowest BCUT2D eigenvalue weighted by Crippen LogP contribution is -1.97. The molecule has 1 heterocycles. The second kappa shape index (κ2) is 5.73. The van der Waals surface area contributed by atoms with Crippen LogP contribution in [-0.2, 0) is 7.05 Å². The fourth-order valence-electron chi connectivity index (χ4n) is 2.39. The number of hydrogen-bond donors (Lipinski definition) is 1. The second-order valence-electron chi connectivity index (χ2n) is 4.99.